The van der Waals surface area contributed by atoms with Gasteiger partial charge in [-0.1, -0.05) is 20.8 Å². The Morgan fingerprint density at radius 3 is 2.57 bits per heavy atom. The largest absolute Gasteiger partial charge is 0.492 e. The van der Waals surface area contributed by atoms with Gasteiger partial charge in [-0.3, -0.25) is 9.40 Å². The molecule has 0 aliphatic carbocycles. The van der Waals surface area contributed by atoms with Gasteiger partial charge in [0.15, 0.2) is 15.7 Å². The van der Waals surface area contributed by atoms with Crippen LogP contribution in [0.15, 0.2) is 22.0 Å². The monoisotopic (exact) mass is 359 g/mol. The fourth-order valence-corrected chi connectivity index (χ4v) is 4.44. The van der Waals surface area contributed by atoms with Crippen LogP contribution in [-0.4, -0.2) is 32.4 Å². The van der Waals surface area contributed by atoms with Gasteiger partial charge in [0.05, 0.1) is 26.1 Å². The molecule has 0 aliphatic rings. The van der Waals surface area contributed by atoms with Crippen molar-refractivity contribution in [2.24, 2.45) is 5.41 Å². The van der Waals surface area contributed by atoms with E-state index in [1.807, 2.05) is 0 Å². The number of methoxy groups -OCH3 is 2. The molecule has 0 saturated carbocycles. The zero-order valence-corrected chi connectivity index (χ0v) is 15.4. The summed E-state index contributed by atoms with van der Waals surface area (Å²) in [6, 6.07) is 0. The summed E-state index contributed by atoms with van der Waals surface area (Å²) in [5, 5.41) is 5.77. The second-order valence-corrected chi connectivity index (χ2v) is 8.97. The van der Waals surface area contributed by atoms with Gasteiger partial charge in [-0.2, -0.15) is 5.10 Å². The van der Waals surface area contributed by atoms with Crippen LogP contribution in [0, 0.1) is 5.41 Å². The standard InChI is InChI=1S/C14H21N3O4S2/c1-14(2,3)9-17-7-10(6-15-17)16-23(18,19)13-12(21-5)11(20-4)8-22-13/h6-8,16H,9H2,1-5H3. The molecule has 128 valence electrons. The molecule has 0 unspecified atom stereocenters. The van der Waals surface area contributed by atoms with Gasteiger partial charge in [-0.25, -0.2) is 8.42 Å². The summed E-state index contributed by atoms with van der Waals surface area (Å²) in [5.41, 5.74) is 0.454. The van der Waals surface area contributed by atoms with E-state index < -0.39 is 10.0 Å². The molecule has 0 radical (unpaired) electrons. The van der Waals surface area contributed by atoms with Gasteiger partial charge in [-0.05, 0) is 5.41 Å². The van der Waals surface area contributed by atoms with E-state index in [2.05, 4.69) is 30.6 Å². The van der Waals surface area contributed by atoms with Crippen molar-refractivity contribution in [1.29, 1.82) is 0 Å². The summed E-state index contributed by atoms with van der Waals surface area (Å²) < 4.78 is 39.6. The van der Waals surface area contributed by atoms with E-state index >= 15 is 0 Å². The second kappa shape index (κ2) is 6.40. The highest BCUT2D eigenvalue weighted by molar-refractivity contribution is 7.94. The molecule has 0 amide bonds. The lowest BCUT2D eigenvalue weighted by Crippen LogP contribution is -2.16. The molecule has 2 aromatic heterocycles. The molecule has 9 heteroatoms. The lowest BCUT2D eigenvalue weighted by atomic mass is 9.97. The van der Waals surface area contributed by atoms with Crippen molar-refractivity contribution in [2.45, 2.75) is 31.5 Å². The maximum atomic E-state index is 12.5. The Morgan fingerprint density at radius 1 is 1.30 bits per heavy atom. The van der Waals surface area contributed by atoms with Crippen LogP contribution in [0.25, 0.3) is 0 Å². The van der Waals surface area contributed by atoms with Crippen LogP contribution < -0.4 is 14.2 Å². The first-order valence-electron chi connectivity index (χ1n) is 6.91. The van der Waals surface area contributed by atoms with E-state index in [1.54, 1.807) is 16.3 Å². The minimum absolute atomic E-state index is 0.0481. The number of anilines is 1. The van der Waals surface area contributed by atoms with E-state index in [-0.39, 0.29) is 15.4 Å². The van der Waals surface area contributed by atoms with E-state index in [9.17, 15) is 8.42 Å². The molecule has 0 aromatic carbocycles. The Bertz CT molecular complexity index is 772. The lowest BCUT2D eigenvalue weighted by molar-refractivity contribution is 0.325. The smallest absolute Gasteiger partial charge is 0.275 e. The van der Waals surface area contributed by atoms with Crippen LogP contribution >= 0.6 is 11.3 Å². The van der Waals surface area contributed by atoms with Crippen LogP contribution in [0.1, 0.15) is 20.8 Å². The highest BCUT2D eigenvalue weighted by Crippen LogP contribution is 2.40. The minimum atomic E-state index is -3.77. The summed E-state index contributed by atoms with van der Waals surface area (Å²) >= 11 is 1.04. The van der Waals surface area contributed by atoms with Gasteiger partial charge in [0.25, 0.3) is 10.0 Å². The van der Waals surface area contributed by atoms with E-state index in [1.165, 1.54) is 20.4 Å². The molecule has 2 heterocycles. The predicted octanol–water partition coefficient (Wildman–Crippen LogP) is 2.81. The molecular formula is C14H21N3O4S2. The quantitative estimate of drug-likeness (QED) is 0.857. The van der Waals surface area contributed by atoms with Gasteiger partial charge in [0, 0.05) is 18.1 Å². The topological polar surface area (TPSA) is 82.5 Å². The number of sulfonamides is 1. The Hall–Kier alpha value is -1.74. The zero-order valence-electron chi connectivity index (χ0n) is 13.8. The van der Waals surface area contributed by atoms with Crippen molar-refractivity contribution in [1.82, 2.24) is 9.78 Å². The number of aromatic nitrogens is 2. The number of nitrogens with zero attached hydrogens (tertiary/aromatic N) is 2. The van der Waals surface area contributed by atoms with E-state index in [0.29, 0.717) is 18.0 Å². The Morgan fingerprint density at radius 2 is 2.00 bits per heavy atom. The minimum Gasteiger partial charge on any atom is -0.492 e. The summed E-state index contributed by atoms with van der Waals surface area (Å²) in [4.78, 5) is 0. The normalized spacial score (nSPS) is 12.2. The van der Waals surface area contributed by atoms with Gasteiger partial charge in [0.1, 0.15) is 0 Å². The zero-order chi connectivity index (χ0) is 17.3. The molecule has 0 spiro atoms. The van der Waals surface area contributed by atoms with Crippen molar-refractivity contribution in [3.05, 3.63) is 17.8 Å². The van der Waals surface area contributed by atoms with Crippen molar-refractivity contribution in [3.8, 4) is 11.5 Å². The van der Waals surface area contributed by atoms with Crippen molar-refractivity contribution < 1.29 is 17.9 Å². The molecule has 0 fully saturated rings. The summed E-state index contributed by atoms with van der Waals surface area (Å²) in [6.07, 6.45) is 3.15. The Balaban J connectivity index is 2.24. The van der Waals surface area contributed by atoms with Crippen molar-refractivity contribution in [3.63, 3.8) is 0 Å². The molecule has 0 aliphatic heterocycles. The number of hydrogen-bond donors (Lipinski definition) is 1. The molecule has 2 rings (SSSR count). The number of ether oxygens (including phenoxy) is 2. The first-order valence-corrected chi connectivity index (χ1v) is 9.27. The second-order valence-electron chi connectivity index (χ2n) is 6.22. The average Bonchev–Trinajstić information content (AvgIpc) is 3.02. The highest BCUT2D eigenvalue weighted by Gasteiger charge is 2.26. The maximum absolute atomic E-state index is 12.5. The Kier molecular flexibility index (Phi) is 4.90. The fraction of sp³-hybridized carbons (Fsp3) is 0.500. The molecule has 1 N–H and O–H groups in total. The third-order valence-corrected chi connectivity index (χ3v) is 5.73. The molecule has 7 nitrogen and oxygen atoms in total. The third-order valence-electron chi connectivity index (χ3n) is 2.87. The average molecular weight is 359 g/mol. The van der Waals surface area contributed by atoms with Crippen molar-refractivity contribution >= 4 is 27.0 Å². The van der Waals surface area contributed by atoms with Crippen LogP contribution in [0.5, 0.6) is 11.5 Å². The number of rotatable bonds is 6. The maximum Gasteiger partial charge on any atom is 0.275 e. The fourth-order valence-electron chi connectivity index (χ4n) is 2.02. The first kappa shape index (κ1) is 17.6. The van der Waals surface area contributed by atoms with Crippen LogP contribution in [0.3, 0.4) is 0 Å². The molecular weight excluding hydrogens is 338 g/mol. The summed E-state index contributed by atoms with van der Waals surface area (Å²) in [6.45, 7) is 6.94. The van der Waals surface area contributed by atoms with Crippen LogP contribution in [-0.2, 0) is 16.6 Å². The van der Waals surface area contributed by atoms with Crippen LogP contribution in [0.2, 0.25) is 0 Å². The Labute approximate surface area is 140 Å². The van der Waals surface area contributed by atoms with Crippen LogP contribution in [0.4, 0.5) is 5.69 Å². The summed E-state index contributed by atoms with van der Waals surface area (Å²) in [7, 11) is -0.895. The lowest BCUT2D eigenvalue weighted by Gasteiger charge is -2.17. The third kappa shape index (κ3) is 4.17. The first-order chi connectivity index (χ1) is 10.7. The highest BCUT2D eigenvalue weighted by atomic mass is 32.2. The molecule has 0 saturated heterocycles. The SMILES string of the molecule is COc1csc(S(=O)(=O)Nc2cnn(CC(C)(C)C)c2)c1OC. The molecule has 0 bridgehead atoms. The summed E-state index contributed by atoms with van der Waals surface area (Å²) in [5.74, 6) is 0.591. The van der Waals surface area contributed by atoms with Gasteiger partial charge >= 0.3 is 0 Å². The van der Waals surface area contributed by atoms with Gasteiger partial charge in [-0.15, -0.1) is 11.3 Å². The van der Waals surface area contributed by atoms with Gasteiger partial charge < -0.3 is 9.47 Å². The van der Waals surface area contributed by atoms with Gasteiger partial charge in [0.2, 0.25) is 0 Å². The predicted molar refractivity (Wildman–Crippen MR) is 89.9 cm³/mol. The molecule has 2 aromatic rings. The van der Waals surface area contributed by atoms with Crippen molar-refractivity contribution in [2.75, 3.05) is 18.9 Å². The molecule has 23 heavy (non-hydrogen) atoms. The molecule has 0 atom stereocenters. The van der Waals surface area contributed by atoms with E-state index in [4.69, 9.17) is 9.47 Å². The number of hydrogen-bond acceptors (Lipinski definition) is 6. The number of thiophene rings is 1. The van der Waals surface area contributed by atoms with E-state index in [0.717, 1.165) is 11.3 Å². The number of nitrogens with one attached hydrogen (secondary N) is 1.